The van der Waals surface area contributed by atoms with Crippen LogP contribution in [0.15, 0.2) is 36.4 Å². The van der Waals surface area contributed by atoms with E-state index in [0.29, 0.717) is 24.2 Å². The largest absolute Gasteiger partial charge is 0.457 e. The highest BCUT2D eigenvalue weighted by atomic mass is 16.7. The fourth-order valence-corrected chi connectivity index (χ4v) is 5.39. The van der Waals surface area contributed by atoms with Crippen molar-refractivity contribution in [2.75, 3.05) is 6.79 Å². The summed E-state index contributed by atoms with van der Waals surface area (Å²) in [5, 5.41) is 11.7. The number of benzene rings is 2. The second kappa shape index (κ2) is 7.44. The summed E-state index contributed by atoms with van der Waals surface area (Å²) >= 11 is 0. The zero-order chi connectivity index (χ0) is 19.9. The summed E-state index contributed by atoms with van der Waals surface area (Å²) in [5.74, 6) is 3.09. The third-order valence-electron chi connectivity index (χ3n) is 6.67. The summed E-state index contributed by atoms with van der Waals surface area (Å²) in [6, 6.07) is 12.5. The smallest absolute Gasteiger partial charge is 0.230 e. The van der Waals surface area contributed by atoms with Crippen LogP contribution >= 0.6 is 0 Å². The van der Waals surface area contributed by atoms with Crippen molar-refractivity contribution in [2.24, 2.45) is 17.8 Å². The van der Waals surface area contributed by atoms with Gasteiger partial charge in [0, 0.05) is 17.5 Å². The molecule has 3 atom stereocenters. The van der Waals surface area contributed by atoms with Crippen molar-refractivity contribution in [3.63, 3.8) is 0 Å². The SMILES string of the molecule is Cc1cccc2c1OCOc1c(C[C@]3(O)C[C@H](C)CC[C@H]3C(C)C)cccc1-2. The number of ether oxygens (including phenoxy) is 2. The van der Waals surface area contributed by atoms with Crippen LogP contribution in [0.1, 0.15) is 51.2 Å². The molecule has 1 saturated carbocycles. The van der Waals surface area contributed by atoms with Crippen molar-refractivity contribution < 1.29 is 14.6 Å². The van der Waals surface area contributed by atoms with E-state index in [-0.39, 0.29) is 6.79 Å². The third-order valence-corrected chi connectivity index (χ3v) is 6.67. The van der Waals surface area contributed by atoms with Gasteiger partial charge in [0.1, 0.15) is 11.5 Å². The molecule has 0 saturated heterocycles. The van der Waals surface area contributed by atoms with Gasteiger partial charge in [-0.3, -0.25) is 0 Å². The summed E-state index contributed by atoms with van der Waals surface area (Å²) in [6.07, 6.45) is 3.78. The van der Waals surface area contributed by atoms with Gasteiger partial charge in [0.2, 0.25) is 6.79 Å². The third kappa shape index (κ3) is 3.41. The Morgan fingerprint density at radius 1 is 1.04 bits per heavy atom. The van der Waals surface area contributed by atoms with Gasteiger partial charge in [0.25, 0.3) is 0 Å². The van der Waals surface area contributed by atoms with E-state index in [4.69, 9.17) is 9.47 Å². The summed E-state index contributed by atoms with van der Waals surface area (Å²) in [4.78, 5) is 0. The quantitative estimate of drug-likeness (QED) is 0.736. The van der Waals surface area contributed by atoms with Crippen molar-refractivity contribution in [1.29, 1.82) is 0 Å². The Morgan fingerprint density at radius 2 is 1.71 bits per heavy atom. The number of rotatable bonds is 3. The summed E-state index contributed by atoms with van der Waals surface area (Å²) in [7, 11) is 0. The molecule has 0 spiro atoms. The van der Waals surface area contributed by atoms with Crippen molar-refractivity contribution in [1.82, 2.24) is 0 Å². The van der Waals surface area contributed by atoms with Gasteiger partial charge >= 0.3 is 0 Å². The van der Waals surface area contributed by atoms with Crippen LogP contribution in [-0.2, 0) is 6.42 Å². The van der Waals surface area contributed by atoms with Gasteiger partial charge in [0.15, 0.2) is 0 Å². The molecule has 0 bridgehead atoms. The van der Waals surface area contributed by atoms with Crippen LogP contribution < -0.4 is 9.47 Å². The molecule has 1 aliphatic heterocycles. The molecule has 4 rings (SSSR count). The lowest BCUT2D eigenvalue weighted by Gasteiger charge is -2.45. The van der Waals surface area contributed by atoms with Crippen molar-refractivity contribution in [3.05, 3.63) is 47.5 Å². The van der Waals surface area contributed by atoms with E-state index in [0.717, 1.165) is 46.6 Å². The zero-order valence-electron chi connectivity index (χ0n) is 17.5. The van der Waals surface area contributed by atoms with E-state index in [2.05, 4.69) is 64.1 Å². The summed E-state index contributed by atoms with van der Waals surface area (Å²) in [6.45, 7) is 8.99. The fraction of sp³-hybridized carbons (Fsp3) is 0.520. The van der Waals surface area contributed by atoms with Crippen molar-refractivity contribution in [3.8, 4) is 22.6 Å². The highest BCUT2D eigenvalue weighted by molar-refractivity contribution is 5.78. The van der Waals surface area contributed by atoms with Crippen LogP contribution in [0, 0.1) is 24.7 Å². The number of hydrogen-bond donors (Lipinski definition) is 1. The summed E-state index contributed by atoms with van der Waals surface area (Å²) < 4.78 is 12.0. The molecule has 0 amide bonds. The first-order valence-corrected chi connectivity index (χ1v) is 10.6. The number of aryl methyl sites for hydroxylation is 1. The van der Waals surface area contributed by atoms with Crippen LogP contribution in [0.4, 0.5) is 0 Å². The van der Waals surface area contributed by atoms with Crippen LogP contribution in [-0.4, -0.2) is 17.5 Å². The minimum absolute atomic E-state index is 0.199. The Bertz CT molecular complexity index is 857. The van der Waals surface area contributed by atoms with E-state index in [9.17, 15) is 5.11 Å². The van der Waals surface area contributed by atoms with E-state index >= 15 is 0 Å². The lowest BCUT2D eigenvalue weighted by molar-refractivity contribution is -0.0799. The Morgan fingerprint density at radius 3 is 2.46 bits per heavy atom. The Balaban J connectivity index is 1.76. The molecule has 0 unspecified atom stereocenters. The second-order valence-electron chi connectivity index (χ2n) is 9.17. The highest BCUT2D eigenvalue weighted by Gasteiger charge is 2.43. The molecule has 1 aliphatic carbocycles. The molecule has 2 aromatic rings. The van der Waals surface area contributed by atoms with Crippen molar-refractivity contribution >= 4 is 0 Å². The minimum Gasteiger partial charge on any atom is -0.457 e. The maximum atomic E-state index is 11.7. The van der Waals surface area contributed by atoms with E-state index in [1.54, 1.807) is 0 Å². The molecule has 28 heavy (non-hydrogen) atoms. The standard InChI is InChI=1S/C25H32O3/c1-16(2)22-12-11-17(3)13-25(22,26)14-19-8-6-10-21-20-9-5-7-18(4)23(20)27-15-28-24(19)21/h5-10,16-17,22,26H,11-15H2,1-4H3/t17-,22+,25-/m1/s1. The number of aliphatic hydroxyl groups is 1. The van der Waals surface area contributed by atoms with Gasteiger partial charge in [-0.1, -0.05) is 63.6 Å². The van der Waals surface area contributed by atoms with Crippen LogP contribution in [0.25, 0.3) is 11.1 Å². The normalized spacial score (nSPS) is 26.6. The highest BCUT2D eigenvalue weighted by Crippen LogP contribution is 2.47. The Hall–Kier alpha value is -2.00. The van der Waals surface area contributed by atoms with Gasteiger partial charge < -0.3 is 14.6 Å². The molecule has 0 aromatic heterocycles. The number of hydrogen-bond acceptors (Lipinski definition) is 3. The fourth-order valence-electron chi connectivity index (χ4n) is 5.39. The molecule has 1 N–H and O–H groups in total. The van der Waals surface area contributed by atoms with E-state index in [1.807, 2.05) is 0 Å². The molecular formula is C25H32O3. The molecule has 2 aliphatic rings. The first kappa shape index (κ1) is 19.3. The Kier molecular flexibility index (Phi) is 5.13. The monoisotopic (exact) mass is 380 g/mol. The first-order chi connectivity index (χ1) is 13.4. The molecule has 150 valence electrons. The minimum atomic E-state index is -0.688. The van der Waals surface area contributed by atoms with Gasteiger partial charge in [-0.2, -0.15) is 0 Å². The average Bonchev–Trinajstić information content (AvgIpc) is 2.82. The number of fused-ring (bicyclic) bond motifs is 3. The number of para-hydroxylation sites is 2. The molecule has 3 nitrogen and oxygen atoms in total. The molecular weight excluding hydrogens is 348 g/mol. The van der Waals surface area contributed by atoms with E-state index in [1.165, 1.54) is 6.42 Å². The first-order valence-electron chi connectivity index (χ1n) is 10.6. The predicted molar refractivity (Wildman–Crippen MR) is 113 cm³/mol. The van der Waals surface area contributed by atoms with Crippen molar-refractivity contribution in [2.45, 2.75) is 59.0 Å². The average molecular weight is 381 g/mol. The van der Waals surface area contributed by atoms with E-state index < -0.39 is 5.60 Å². The van der Waals surface area contributed by atoms with Gasteiger partial charge in [-0.05, 0) is 48.6 Å². The van der Waals surface area contributed by atoms with Gasteiger partial charge in [-0.15, -0.1) is 0 Å². The zero-order valence-corrected chi connectivity index (χ0v) is 17.5. The second-order valence-corrected chi connectivity index (χ2v) is 9.17. The maximum Gasteiger partial charge on any atom is 0.230 e. The molecule has 1 fully saturated rings. The predicted octanol–water partition coefficient (Wildman–Crippen LogP) is 5.76. The molecule has 2 aromatic carbocycles. The van der Waals surface area contributed by atoms with Crippen LogP contribution in [0.3, 0.4) is 0 Å². The summed E-state index contributed by atoms with van der Waals surface area (Å²) in [5.41, 5.74) is 3.63. The van der Waals surface area contributed by atoms with Gasteiger partial charge in [-0.25, -0.2) is 0 Å². The Labute approximate surface area is 168 Å². The molecule has 1 heterocycles. The molecule has 3 heteroatoms. The lowest BCUT2D eigenvalue weighted by Crippen LogP contribution is -2.47. The maximum absolute atomic E-state index is 11.7. The van der Waals surface area contributed by atoms with Crippen LogP contribution in [0.2, 0.25) is 0 Å². The topological polar surface area (TPSA) is 38.7 Å². The molecule has 0 radical (unpaired) electrons. The lowest BCUT2D eigenvalue weighted by atomic mass is 9.65. The van der Waals surface area contributed by atoms with Crippen LogP contribution in [0.5, 0.6) is 11.5 Å². The van der Waals surface area contributed by atoms with Gasteiger partial charge in [0.05, 0.1) is 5.60 Å².